The highest BCUT2D eigenvalue weighted by atomic mass is 16.5. The van der Waals surface area contributed by atoms with Crippen molar-refractivity contribution in [2.45, 2.75) is 6.92 Å². The average molecular weight is 1500 g/mol. The Morgan fingerprint density at radius 3 is 0.724 bits per heavy atom. The molecule has 0 N–H and O–H groups in total. The van der Waals surface area contributed by atoms with E-state index in [-0.39, 0.29) is 0 Å². The van der Waals surface area contributed by atoms with E-state index in [1.54, 1.807) is 14.2 Å². The number of anilines is 15. The second kappa shape index (κ2) is 35.2. The number of benzene rings is 18. The number of hydrogen-bond acceptors (Lipinski definition) is 8. The lowest BCUT2D eigenvalue weighted by Crippen LogP contribution is -2.10. The molecule has 0 radical (unpaired) electrons. The van der Waals surface area contributed by atoms with Gasteiger partial charge in [0, 0.05) is 112 Å². The molecule has 0 aliphatic rings. The van der Waals surface area contributed by atoms with E-state index in [1.165, 1.54) is 88.3 Å². The predicted molar refractivity (Wildman–Crippen MR) is 494 cm³/mol. The summed E-state index contributed by atoms with van der Waals surface area (Å²) in [5.74, 6) is 1.71. The minimum Gasteiger partial charge on any atom is -0.497 e. The van der Waals surface area contributed by atoms with Gasteiger partial charge in [0.2, 0.25) is 0 Å². The Hall–Kier alpha value is -14.9. The van der Waals surface area contributed by atoms with Gasteiger partial charge in [-0.05, 0) is 238 Å². The number of ether oxygens (including phenoxy) is 2. The average Bonchev–Trinajstić information content (AvgIpc) is 0.785. The maximum Gasteiger partial charge on any atom is 0.120 e. The Balaban J connectivity index is 0.000000131. The van der Waals surface area contributed by atoms with Crippen LogP contribution in [0.25, 0.3) is 65.7 Å². The molecule has 0 aliphatic heterocycles. The second-order valence-corrected chi connectivity index (χ2v) is 28.7. The minimum atomic E-state index is 0.851. The van der Waals surface area contributed by atoms with Gasteiger partial charge in [-0.1, -0.05) is 255 Å². The van der Waals surface area contributed by atoms with Gasteiger partial charge in [-0.2, -0.15) is 0 Å². The van der Waals surface area contributed by atoms with E-state index in [4.69, 9.17) is 9.47 Å². The fraction of sp³-hybridized carbons (Fsp3) is 0.0556. The van der Waals surface area contributed by atoms with Gasteiger partial charge in [0.15, 0.2) is 0 Å². The van der Waals surface area contributed by atoms with Gasteiger partial charge in [0.25, 0.3) is 0 Å². The molecule has 8 heteroatoms. The number of hydrogen-bond donors (Lipinski definition) is 0. The molecule has 18 aromatic carbocycles. The largest absolute Gasteiger partial charge is 0.497 e. The topological polar surface area (TPSA) is 37.9 Å². The number of nitrogens with zero attached hydrogens (tertiary/aromatic N) is 6. The molecule has 116 heavy (non-hydrogen) atoms. The zero-order chi connectivity index (χ0) is 79.1. The minimum absolute atomic E-state index is 0.851. The summed E-state index contributed by atoms with van der Waals surface area (Å²) in [6.07, 6.45) is 0. The van der Waals surface area contributed by atoms with Crippen LogP contribution in [-0.4, -0.2) is 35.4 Å². The van der Waals surface area contributed by atoms with Gasteiger partial charge in [0.1, 0.15) is 11.5 Å². The van der Waals surface area contributed by atoms with Crippen LogP contribution < -0.4 is 38.9 Å². The SMILES string of the molecule is COc1ccc(N(C)c2ccc(-c3ccc(N(c4ccccc4)c4cccc5ccccc45)cc3)cc2)cc1.COc1cccc(N(C)c2ccc(-c3ccc(N(c4ccccc4)c4cccc5ccccc45)cc3)cc2)c1.Cc1cccc(N(C)c2ccc(-c3ccc(N(c4ccccc4)c4cccc5ccccc45)cc3)cc2)c1. The van der Waals surface area contributed by atoms with Crippen molar-refractivity contribution in [1.82, 2.24) is 0 Å². The van der Waals surface area contributed by atoms with E-state index in [1.807, 2.05) is 30.3 Å². The highest BCUT2D eigenvalue weighted by Crippen LogP contribution is 2.44. The first-order chi connectivity index (χ1) is 57.1. The third-order valence-corrected chi connectivity index (χ3v) is 21.5. The van der Waals surface area contributed by atoms with Crippen molar-refractivity contribution in [3.63, 3.8) is 0 Å². The van der Waals surface area contributed by atoms with Gasteiger partial charge in [0.05, 0.1) is 31.3 Å². The molecule has 0 bridgehead atoms. The highest BCUT2D eigenvalue weighted by Gasteiger charge is 2.20. The quantitative estimate of drug-likeness (QED) is 0.0747. The monoisotopic (exact) mass is 1500 g/mol. The molecule has 0 aliphatic carbocycles. The highest BCUT2D eigenvalue weighted by molar-refractivity contribution is 6.02. The molecule has 18 aromatic rings. The lowest BCUT2D eigenvalue weighted by Gasteiger charge is -2.27. The molecule has 564 valence electrons. The van der Waals surface area contributed by atoms with E-state index < -0.39 is 0 Å². The van der Waals surface area contributed by atoms with Crippen LogP contribution in [0.4, 0.5) is 85.3 Å². The fourth-order valence-electron chi connectivity index (χ4n) is 15.2. The number of rotatable bonds is 20. The second-order valence-electron chi connectivity index (χ2n) is 28.7. The van der Waals surface area contributed by atoms with Crippen LogP contribution in [0.5, 0.6) is 11.5 Å². The maximum absolute atomic E-state index is 5.39. The molecule has 0 heterocycles. The number of aryl methyl sites for hydroxylation is 1. The summed E-state index contributed by atoms with van der Waals surface area (Å²) in [6, 6.07) is 154. The Bertz CT molecular complexity index is 6250. The summed E-state index contributed by atoms with van der Waals surface area (Å²) >= 11 is 0. The zero-order valence-electron chi connectivity index (χ0n) is 66.1. The maximum atomic E-state index is 5.39. The molecule has 0 aromatic heterocycles. The predicted octanol–water partition coefficient (Wildman–Crippen LogP) is 29.6. The zero-order valence-corrected chi connectivity index (χ0v) is 66.1. The third kappa shape index (κ3) is 16.8. The molecular formula is C108H90N6O2. The molecule has 0 fully saturated rings. The smallest absolute Gasteiger partial charge is 0.120 e. The Labute approximate surface area is 681 Å². The van der Waals surface area contributed by atoms with Crippen LogP contribution in [0.2, 0.25) is 0 Å². The fourth-order valence-corrected chi connectivity index (χ4v) is 15.2. The molecule has 0 spiro atoms. The van der Waals surface area contributed by atoms with Crippen LogP contribution in [0, 0.1) is 6.92 Å². The summed E-state index contributed by atoms with van der Waals surface area (Å²) in [5, 5.41) is 7.38. The molecule has 0 saturated carbocycles. The number of fused-ring (bicyclic) bond motifs is 3. The van der Waals surface area contributed by atoms with Crippen LogP contribution in [0.3, 0.4) is 0 Å². The van der Waals surface area contributed by atoms with E-state index in [0.717, 1.165) is 79.7 Å². The van der Waals surface area contributed by atoms with Crippen molar-refractivity contribution >= 4 is 118 Å². The molecule has 0 amide bonds. The normalized spacial score (nSPS) is 10.8. The number of methoxy groups -OCH3 is 2. The summed E-state index contributed by atoms with van der Waals surface area (Å²) in [4.78, 5) is 13.6. The third-order valence-electron chi connectivity index (χ3n) is 21.5. The van der Waals surface area contributed by atoms with Crippen molar-refractivity contribution in [3.8, 4) is 44.9 Å². The van der Waals surface area contributed by atoms with Gasteiger partial charge in [-0.3, -0.25) is 0 Å². The van der Waals surface area contributed by atoms with Crippen LogP contribution in [0.1, 0.15) is 5.56 Å². The van der Waals surface area contributed by atoms with Crippen molar-refractivity contribution in [1.29, 1.82) is 0 Å². The van der Waals surface area contributed by atoms with E-state index in [9.17, 15) is 0 Å². The molecule has 0 atom stereocenters. The Morgan fingerprint density at radius 1 is 0.181 bits per heavy atom. The van der Waals surface area contributed by atoms with Crippen LogP contribution in [-0.2, 0) is 0 Å². The molecular weight excluding hydrogens is 1410 g/mol. The molecule has 18 rings (SSSR count). The molecule has 0 unspecified atom stereocenters. The lowest BCUT2D eigenvalue weighted by molar-refractivity contribution is 0.415. The summed E-state index contributed by atoms with van der Waals surface area (Å²) < 4.78 is 10.7. The van der Waals surface area contributed by atoms with Crippen LogP contribution >= 0.6 is 0 Å². The van der Waals surface area contributed by atoms with Crippen molar-refractivity contribution < 1.29 is 9.47 Å². The summed E-state index contributed by atoms with van der Waals surface area (Å²) in [5.41, 5.74) is 25.5. The van der Waals surface area contributed by atoms with Gasteiger partial charge in [-0.15, -0.1) is 0 Å². The van der Waals surface area contributed by atoms with Crippen molar-refractivity contribution in [3.05, 3.63) is 442 Å². The number of para-hydroxylation sites is 3. The Kier molecular flexibility index (Phi) is 22.8. The Morgan fingerprint density at radius 2 is 0.414 bits per heavy atom. The van der Waals surface area contributed by atoms with Crippen molar-refractivity contribution in [2.75, 3.05) is 64.8 Å². The molecule has 0 saturated heterocycles. The van der Waals surface area contributed by atoms with E-state index in [0.29, 0.717) is 0 Å². The van der Waals surface area contributed by atoms with Gasteiger partial charge in [-0.25, -0.2) is 0 Å². The van der Waals surface area contributed by atoms with Gasteiger partial charge >= 0.3 is 0 Å². The lowest BCUT2D eigenvalue weighted by atomic mass is 10.0. The summed E-state index contributed by atoms with van der Waals surface area (Å²) in [7, 11) is 9.65. The van der Waals surface area contributed by atoms with Crippen molar-refractivity contribution in [2.24, 2.45) is 0 Å². The van der Waals surface area contributed by atoms with E-state index >= 15 is 0 Å². The first-order valence-electron chi connectivity index (χ1n) is 39.3. The molecule has 8 nitrogen and oxygen atoms in total. The first kappa shape index (κ1) is 75.2. The first-order valence-corrected chi connectivity index (χ1v) is 39.3. The summed E-state index contributed by atoms with van der Waals surface area (Å²) in [6.45, 7) is 2.13. The van der Waals surface area contributed by atoms with E-state index in [2.05, 4.69) is 464 Å². The van der Waals surface area contributed by atoms with Gasteiger partial charge < -0.3 is 38.9 Å². The standard InChI is InChI=1S/2C36H30N2O.C36H30N2/c1-37(33-14-9-15-34(26-33)39-2)30-22-18-27(19-23-30)28-20-24-32(25-21-28)38(31-12-4-3-5-13-31)36-17-8-11-29-10-6-7-16-35(29)36;1-37(31-23-25-34(39-2)26-24-31)30-19-15-27(16-20-30)28-17-21-33(22-18-28)38(32-11-4-3-5-12-32)36-14-8-10-29-9-6-7-13-35(29)36;1-27-10-8-15-34(26-27)37(2)31-22-18-28(19-23-31)29-20-24-33(25-21-29)38(32-13-4-3-5-14-32)36-17-9-12-30-11-6-7-16-35(30)36/h2*3-26H,1-2H3;3-26H,1-2H3. The van der Waals surface area contributed by atoms with Crippen LogP contribution in [0.15, 0.2) is 437 Å².